The lowest BCUT2D eigenvalue weighted by atomic mass is 10.0. The predicted octanol–water partition coefficient (Wildman–Crippen LogP) is 5.72. The van der Waals surface area contributed by atoms with Crippen LogP contribution in [0.25, 0.3) is 22.2 Å². The Morgan fingerprint density at radius 3 is 2.65 bits per heavy atom. The summed E-state index contributed by atoms with van der Waals surface area (Å²) in [7, 11) is 0. The Morgan fingerprint density at radius 2 is 1.97 bits per heavy atom. The average Bonchev–Trinajstić information content (AvgIpc) is 3.17. The van der Waals surface area contributed by atoms with Crippen LogP contribution < -0.4 is 5.32 Å². The predicted molar refractivity (Wildman–Crippen MR) is 126 cm³/mol. The Hall–Kier alpha value is -3.17. The van der Waals surface area contributed by atoms with Gasteiger partial charge in [0.05, 0.1) is 16.8 Å². The zero-order valence-electron chi connectivity index (χ0n) is 17.9. The van der Waals surface area contributed by atoms with Crippen LogP contribution in [0.2, 0.25) is 5.02 Å². The van der Waals surface area contributed by atoms with Crippen molar-refractivity contribution in [2.75, 3.05) is 6.54 Å². The van der Waals surface area contributed by atoms with Crippen LogP contribution in [0.3, 0.4) is 0 Å². The molecule has 0 atom stereocenters. The summed E-state index contributed by atoms with van der Waals surface area (Å²) in [6.07, 6.45) is -0.769. The maximum Gasteiger partial charge on any atom is 0.435 e. The van der Waals surface area contributed by atoms with Crippen molar-refractivity contribution < 1.29 is 18.0 Å². The first-order valence-corrected chi connectivity index (χ1v) is 10.5. The molecule has 178 valence electrons. The van der Waals surface area contributed by atoms with Gasteiger partial charge in [-0.15, -0.1) is 12.4 Å². The van der Waals surface area contributed by atoms with Crippen molar-refractivity contribution in [1.82, 2.24) is 25.1 Å². The van der Waals surface area contributed by atoms with Crippen LogP contribution >= 0.6 is 24.0 Å². The normalized spacial score (nSPS) is 11.3. The molecule has 0 unspecified atom stereocenters. The van der Waals surface area contributed by atoms with E-state index >= 15 is 0 Å². The third-order valence-corrected chi connectivity index (χ3v) is 5.31. The van der Waals surface area contributed by atoms with Crippen LogP contribution in [0.1, 0.15) is 28.2 Å². The van der Waals surface area contributed by atoms with E-state index in [-0.39, 0.29) is 31.4 Å². The van der Waals surface area contributed by atoms with E-state index in [4.69, 9.17) is 11.6 Å². The van der Waals surface area contributed by atoms with Gasteiger partial charge in [-0.2, -0.15) is 18.3 Å². The van der Waals surface area contributed by atoms with E-state index in [1.807, 2.05) is 6.07 Å². The van der Waals surface area contributed by atoms with Gasteiger partial charge in [-0.3, -0.25) is 14.5 Å². The first kappa shape index (κ1) is 25.5. The highest BCUT2D eigenvalue weighted by Gasteiger charge is 2.34. The fraction of sp³-hybridized carbons (Fsp3) is 0.217. The van der Waals surface area contributed by atoms with Crippen molar-refractivity contribution in [2.24, 2.45) is 0 Å². The first-order valence-electron chi connectivity index (χ1n) is 10.1. The van der Waals surface area contributed by atoms with E-state index in [2.05, 4.69) is 20.4 Å². The molecular weight excluding hydrogens is 490 g/mol. The van der Waals surface area contributed by atoms with Crippen LogP contribution in [0.4, 0.5) is 13.2 Å². The highest BCUT2D eigenvalue weighted by atomic mass is 35.5. The van der Waals surface area contributed by atoms with Crippen molar-refractivity contribution in [1.29, 1.82) is 0 Å². The number of halogens is 5. The number of aromatic nitrogens is 4. The van der Waals surface area contributed by atoms with Gasteiger partial charge in [-0.1, -0.05) is 11.6 Å². The summed E-state index contributed by atoms with van der Waals surface area (Å²) in [5, 5.41) is 7.51. The fourth-order valence-electron chi connectivity index (χ4n) is 3.45. The van der Waals surface area contributed by atoms with E-state index in [1.54, 1.807) is 49.6 Å². The summed E-state index contributed by atoms with van der Waals surface area (Å²) in [5.74, 6) is -0.331. The molecule has 6 nitrogen and oxygen atoms in total. The molecule has 0 aliphatic rings. The Kier molecular flexibility index (Phi) is 7.78. The van der Waals surface area contributed by atoms with Gasteiger partial charge in [0.1, 0.15) is 0 Å². The molecule has 4 rings (SSSR count). The number of nitrogens with zero attached hydrogens (tertiary/aromatic N) is 4. The van der Waals surface area contributed by atoms with Crippen molar-refractivity contribution in [3.05, 3.63) is 76.8 Å². The van der Waals surface area contributed by atoms with Gasteiger partial charge in [0.2, 0.25) is 0 Å². The number of amides is 1. The number of benzene rings is 1. The van der Waals surface area contributed by atoms with Crippen molar-refractivity contribution >= 4 is 40.8 Å². The molecule has 0 radical (unpaired) electrons. The van der Waals surface area contributed by atoms with E-state index < -0.39 is 11.9 Å². The molecule has 1 N–H and O–H groups in total. The molecule has 0 saturated carbocycles. The van der Waals surface area contributed by atoms with Gasteiger partial charge < -0.3 is 5.32 Å². The largest absolute Gasteiger partial charge is 0.435 e. The summed E-state index contributed by atoms with van der Waals surface area (Å²) in [6.45, 7) is 2.06. The topological polar surface area (TPSA) is 72.7 Å². The van der Waals surface area contributed by atoms with Gasteiger partial charge in [0.25, 0.3) is 5.91 Å². The molecular formula is C23H20Cl2F3N5O. The molecule has 3 aromatic heterocycles. The molecule has 1 amide bonds. The minimum atomic E-state index is -4.49. The third-order valence-electron chi connectivity index (χ3n) is 5.08. The highest BCUT2D eigenvalue weighted by Crippen LogP contribution is 2.29. The van der Waals surface area contributed by atoms with Gasteiger partial charge in [-0.05, 0) is 55.8 Å². The van der Waals surface area contributed by atoms with Crippen molar-refractivity contribution in [3.8, 4) is 11.3 Å². The molecule has 34 heavy (non-hydrogen) atoms. The number of nitrogens with one attached hydrogen (secondary N) is 1. The summed E-state index contributed by atoms with van der Waals surface area (Å²) in [5.41, 5.74) is 1.85. The van der Waals surface area contributed by atoms with Crippen LogP contribution in [0.15, 0.2) is 54.9 Å². The van der Waals surface area contributed by atoms with E-state index in [1.165, 1.54) is 4.68 Å². The Bertz CT molecular complexity index is 1310. The lowest BCUT2D eigenvalue weighted by molar-refractivity contribution is -0.141. The summed E-state index contributed by atoms with van der Waals surface area (Å²) >= 11 is 6.14. The Morgan fingerprint density at radius 1 is 1.18 bits per heavy atom. The fourth-order valence-corrected chi connectivity index (χ4v) is 3.62. The zero-order chi connectivity index (χ0) is 23.6. The molecule has 0 fully saturated rings. The lowest BCUT2D eigenvalue weighted by Gasteiger charge is -2.11. The minimum absolute atomic E-state index is 0. The lowest BCUT2D eigenvalue weighted by Crippen LogP contribution is -2.26. The summed E-state index contributed by atoms with van der Waals surface area (Å²) < 4.78 is 39.8. The second-order valence-electron chi connectivity index (χ2n) is 7.46. The number of alkyl halides is 3. The number of hydrogen-bond donors (Lipinski definition) is 1. The van der Waals surface area contributed by atoms with E-state index in [0.29, 0.717) is 39.3 Å². The van der Waals surface area contributed by atoms with Gasteiger partial charge in [-0.25, -0.2) is 4.98 Å². The number of aryl methyl sites for hydroxylation is 2. The molecule has 4 aromatic rings. The average molecular weight is 510 g/mol. The van der Waals surface area contributed by atoms with E-state index in [9.17, 15) is 18.0 Å². The number of carbonyl (C=O) groups is 1. The number of fused-ring (bicyclic) bond motifs is 1. The molecule has 1 aromatic carbocycles. The zero-order valence-corrected chi connectivity index (χ0v) is 19.5. The standard InChI is InChI=1S/C23H19ClF3N5O.ClH/c1-14-10-21(23(25,26)27)31-32(14)9-3-8-29-22(33)18-12-20(15-4-2-7-28-13-15)30-19-6-5-16(24)11-17(18)19;/h2,4-7,10-13H,3,8-9H2,1H3,(H,29,33);1H. The van der Waals surface area contributed by atoms with Crippen LogP contribution in [-0.4, -0.2) is 32.2 Å². The third kappa shape index (κ3) is 5.66. The van der Waals surface area contributed by atoms with Gasteiger partial charge in [0.15, 0.2) is 5.69 Å². The molecule has 0 aliphatic heterocycles. The minimum Gasteiger partial charge on any atom is -0.352 e. The Labute approximate surface area is 204 Å². The van der Waals surface area contributed by atoms with Crippen molar-refractivity contribution in [3.63, 3.8) is 0 Å². The van der Waals surface area contributed by atoms with Crippen LogP contribution in [-0.2, 0) is 12.7 Å². The molecule has 3 heterocycles. The number of rotatable bonds is 6. The Balaban J connectivity index is 0.00000324. The maximum absolute atomic E-state index is 13.0. The monoisotopic (exact) mass is 509 g/mol. The highest BCUT2D eigenvalue weighted by molar-refractivity contribution is 6.31. The summed E-state index contributed by atoms with van der Waals surface area (Å²) in [4.78, 5) is 21.7. The summed E-state index contributed by atoms with van der Waals surface area (Å²) in [6, 6.07) is 11.4. The number of pyridine rings is 2. The smallest absolute Gasteiger partial charge is 0.352 e. The number of carbonyl (C=O) groups excluding carboxylic acids is 1. The van der Waals surface area contributed by atoms with Crippen LogP contribution in [0, 0.1) is 6.92 Å². The SMILES string of the molecule is Cc1cc(C(F)(F)F)nn1CCCNC(=O)c1cc(-c2cccnc2)nc2ccc(Cl)cc12.Cl. The van der Waals surface area contributed by atoms with Gasteiger partial charge in [0, 0.05) is 47.1 Å². The van der Waals surface area contributed by atoms with Crippen LogP contribution in [0.5, 0.6) is 0 Å². The molecule has 0 aliphatic carbocycles. The molecule has 11 heteroatoms. The second-order valence-corrected chi connectivity index (χ2v) is 7.90. The van der Waals surface area contributed by atoms with Gasteiger partial charge >= 0.3 is 6.18 Å². The molecule has 0 spiro atoms. The maximum atomic E-state index is 13.0. The quantitative estimate of drug-likeness (QED) is 0.337. The second kappa shape index (κ2) is 10.4. The first-order chi connectivity index (χ1) is 15.7. The van der Waals surface area contributed by atoms with E-state index in [0.717, 1.165) is 11.6 Å². The molecule has 0 bridgehead atoms. The molecule has 0 saturated heterocycles. The van der Waals surface area contributed by atoms with Crippen molar-refractivity contribution in [2.45, 2.75) is 26.1 Å². The number of hydrogen-bond acceptors (Lipinski definition) is 4.